The van der Waals surface area contributed by atoms with Gasteiger partial charge in [0.2, 0.25) is 0 Å². The van der Waals surface area contributed by atoms with Crippen molar-refractivity contribution in [1.29, 1.82) is 0 Å². The van der Waals surface area contributed by atoms with E-state index in [-0.39, 0.29) is 6.54 Å². The largest absolute Gasteiger partial charge is 0.480 e. The number of rotatable bonds is 4. The van der Waals surface area contributed by atoms with Crippen molar-refractivity contribution in [2.45, 2.75) is 33.4 Å². The van der Waals surface area contributed by atoms with Crippen LogP contribution in [-0.2, 0) is 11.3 Å². The van der Waals surface area contributed by atoms with Gasteiger partial charge in [-0.05, 0) is 11.5 Å². The molecule has 1 aromatic rings. The Morgan fingerprint density at radius 1 is 1.42 bits per heavy atom. The zero-order chi connectivity index (χ0) is 14.5. The minimum absolute atomic E-state index is 0.213. The first-order chi connectivity index (χ1) is 8.80. The second-order valence-corrected chi connectivity index (χ2v) is 5.17. The van der Waals surface area contributed by atoms with E-state index in [1.165, 1.54) is 6.33 Å². The van der Waals surface area contributed by atoms with Crippen molar-refractivity contribution < 1.29 is 14.7 Å². The molecule has 0 bridgehead atoms. The fourth-order valence-corrected chi connectivity index (χ4v) is 1.42. The van der Waals surface area contributed by atoms with Crippen LogP contribution in [0.25, 0.3) is 0 Å². The highest BCUT2D eigenvalue weighted by atomic mass is 16.4. The summed E-state index contributed by atoms with van der Waals surface area (Å²) in [5, 5.41) is 14.1. The van der Waals surface area contributed by atoms with E-state index in [4.69, 9.17) is 5.11 Å². The van der Waals surface area contributed by atoms with Crippen LogP contribution in [0.1, 0.15) is 26.5 Å². The molecule has 2 amide bonds. The van der Waals surface area contributed by atoms with Gasteiger partial charge in [0.1, 0.15) is 12.4 Å². The molecule has 0 aliphatic heterocycles. The molecule has 0 unspecified atom stereocenters. The normalized spacial score (nSPS) is 12.6. The minimum Gasteiger partial charge on any atom is -0.480 e. The molecule has 1 rings (SSSR count). The summed E-state index contributed by atoms with van der Waals surface area (Å²) in [7, 11) is 0. The Morgan fingerprint density at radius 2 is 2.11 bits per heavy atom. The maximum atomic E-state index is 11.6. The number of urea groups is 1. The summed E-state index contributed by atoms with van der Waals surface area (Å²) in [5.41, 5.74) is 0.0748. The van der Waals surface area contributed by atoms with E-state index in [2.05, 4.69) is 20.6 Å². The zero-order valence-electron chi connectivity index (χ0n) is 11.2. The molecule has 0 spiro atoms. The molecule has 7 nitrogen and oxygen atoms in total. The molecule has 0 radical (unpaired) electrons. The number of aromatic nitrogens is 2. The first kappa shape index (κ1) is 14.9. The molecular formula is C12H18N4O3. The highest BCUT2D eigenvalue weighted by Crippen LogP contribution is 2.19. The van der Waals surface area contributed by atoms with E-state index < -0.39 is 23.5 Å². The number of hydrogen-bond acceptors (Lipinski definition) is 4. The Bertz CT molecular complexity index is 442. The van der Waals surface area contributed by atoms with Crippen molar-refractivity contribution >= 4 is 12.0 Å². The topological polar surface area (TPSA) is 104 Å². The van der Waals surface area contributed by atoms with Gasteiger partial charge in [0.15, 0.2) is 0 Å². The molecule has 0 fully saturated rings. The molecule has 0 aromatic carbocycles. The van der Waals surface area contributed by atoms with Crippen LogP contribution in [0.15, 0.2) is 18.6 Å². The lowest BCUT2D eigenvalue weighted by Gasteiger charge is -2.27. The molecule has 1 atom stereocenters. The number of amides is 2. The monoisotopic (exact) mass is 266 g/mol. The van der Waals surface area contributed by atoms with Gasteiger partial charge in [-0.1, -0.05) is 20.8 Å². The van der Waals surface area contributed by atoms with E-state index in [0.717, 1.165) is 0 Å². The van der Waals surface area contributed by atoms with Crippen molar-refractivity contribution in [3.63, 3.8) is 0 Å². The predicted molar refractivity (Wildman–Crippen MR) is 68.3 cm³/mol. The Kier molecular flexibility index (Phi) is 4.80. The molecule has 19 heavy (non-hydrogen) atoms. The van der Waals surface area contributed by atoms with E-state index in [9.17, 15) is 9.59 Å². The molecule has 1 aromatic heterocycles. The van der Waals surface area contributed by atoms with Crippen molar-refractivity contribution in [2.75, 3.05) is 0 Å². The summed E-state index contributed by atoms with van der Waals surface area (Å²) in [4.78, 5) is 30.4. The zero-order valence-corrected chi connectivity index (χ0v) is 11.2. The average molecular weight is 266 g/mol. The van der Waals surface area contributed by atoms with Gasteiger partial charge in [-0.3, -0.25) is 0 Å². The number of carbonyl (C=O) groups excluding carboxylic acids is 1. The van der Waals surface area contributed by atoms with Crippen molar-refractivity contribution in [3.8, 4) is 0 Å². The van der Waals surface area contributed by atoms with E-state index in [1.807, 2.05) is 0 Å². The van der Waals surface area contributed by atoms with Gasteiger partial charge in [0.25, 0.3) is 0 Å². The number of aliphatic carboxylic acids is 1. The van der Waals surface area contributed by atoms with Crippen molar-refractivity contribution in [2.24, 2.45) is 5.41 Å². The van der Waals surface area contributed by atoms with Gasteiger partial charge >= 0.3 is 12.0 Å². The molecule has 0 aliphatic rings. The van der Waals surface area contributed by atoms with Crippen LogP contribution < -0.4 is 10.6 Å². The molecule has 0 aliphatic carbocycles. The Balaban J connectivity index is 2.52. The van der Waals surface area contributed by atoms with Crippen LogP contribution in [0.5, 0.6) is 0 Å². The van der Waals surface area contributed by atoms with Gasteiger partial charge in [0, 0.05) is 6.20 Å². The Morgan fingerprint density at radius 3 is 2.58 bits per heavy atom. The molecule has 0 saturated carbocycles. The van der Waals surface area contributed by atoms with Crippen LogP contribution in [0.4, 0.5) is 4.79 Å². The van der Waals surface area contributed by atoms with E-state index >= 15 is 0 Å². The highest BCUT2D eigenvalue weighted by molar-refractivity contribution is 5.83. The van der Waals surface area contributed by atoms with Crippen LogP contribution in [-0.4, -0.2) is 33.1 Å². The fourth-order valence-electron chi connectivity index (χ4n) is 1.42. The van der Waals surface area contributed by atoms with Gasteiger partial charge in [0.05, 0.1) is 12.2 Å². The lowest BCUT2D eigenvalue weighted by molar-refractivity contribution is -0.141. The molecule has 1 heterocycles. The number of carbonyl (C=O) groups is 2. The standard InChI is InChI=1S/C12H18N4O3/c1-12(2,3)9(10(17)18)16-11(19)14-6-8-4-5-13-7-15-8/h4-5,7,9H,6H2,1-3H3,(H,17,18)(H2,14,16,19)/t9-/m1/s1. The maximum Gasteiger partial charge on any atom is 0.326 e. The Hall–Kier alpha value is -2.18. The lowest BCUT2D eigenvalue weighted by Crippen LogP contribution is -2.52. The van der Waals surface area contributed by atoms with Gasteiger partial charge < -0.3 is 15.7 Å². The van der Waals surface area contributed by atoms with Crippen LogP contribution in [0.2, 0.25) is 0 Å². The first-order valence-corrected chi connectivity index (χ1v) is 5.83. The quantitative estimate of drug-likeness (QED) is 0.747. The summed E-state index contributed by atoms with van der Waals surface area (Å²) in [5.74, 6) is -1.07. The summed E-state index contributed by atoms with van der Waals surface area (Å²) >= 11 is 0. The highest BCUT2D eigenvalue weighted by Gasteiger charge is 2.32. The third-order valence-corrected chi connectivity index (χ3v) is 2.46. The summed E-state index contributed by atoms with van der Waals surface area (Å²) in [6.07, 6.45) is 2.95. The molecule has 104 valence electrons. The fraction of sp³-hybridized carbons (Fsp3) is 0.500. The third-order valence-electron chi connectivity index (χ3n) is 2.46. The van der Waals surface area contributed by atoms with Gasteiger partial charge in [-0.2, -0.15) is 0 Å². The summed E-state index contributed by atoms with van der Waals surface area (Å²) in [6, 6.07) is 0.164. The smallest absolute Gasteiger partial charge is 0.326 e. The molecule has 0 saturated heterocycles. The number of nitrogens with zero attached hydrogens (tertiary/aromatic N) is 2. The SMILES string of the molecule is CC(C)(C)[C@H](NC(=O)NCc1ccncn1)C(=O)O. The second kappa shape index (κ2) is 6.12. The van der Waals surface area contributed by atoms with E-state index in [1.54, 1.807) is 33.0 Å². The molecular weight excluding hydrogens is 248 g/mol. The molecule has 7 heteroatoms. The van der Waals surface area contributed by atoms with E-state index in [0.29, 0.717) is 5.69 Å². The third kappa shape index (κ3) is 4.90. The van der Waals surface area contributed by atoms with Crippen LogP contribution in [0, 0.1) is 5.41 Å². The second-order valence-electron chi connectivity index (χ2n) is 5.17. The number of hydrogen-bond donors (Lipinski definition) is 3. The van der Waals surface area contributed by atoms with Crippen molar-refractivity contribution in [3.05, 3.63) is 24.3 Å². The van der Waals surface area contributed by atoms with Crippen LogP contribution in [0.3, 0.4) is 0 Å². The summed E-state index contributed by atoms with van der Waals surface area (Å²) < 4.78 is 0. The lowest BCUT2D eigenvalue weighted by atomic mass is 9.87. The first-order valence-electron chi connectivity index (χ1n) is 5.83. The average Bonchev–Trinajstić information content (AvgIpc) is 2.33. The Labute approximate surface area is 111 Å². The van der Waals surface area contributed by atoms with Crippen LogP contribution >= 0.6 is 0 Å². The number of carboxylic acids is 1. The number of carboxylic acid groups (broad SMARTS) is 1. The van der Waals surface area contributed by atoms with Crippen molar-refractivity contribution in [1.82, 2.24) is 20.6 Å². The predicted octanol–water partition coefficient (Wildman–Crippen LogP) is 0.775. The van der Waals surface area contributed by atoms with Gasteiger partial charge in [-0.25, -0.2) is 19.6 Å². The molecule has 3 N–H and O–H groups in total. The summed E-state index contributed by atoms with van der Waals surface area (Å²) in [6.45, 7) is 5.45. The van der Waals surface area contributed by atoms with Gasteiger partial charge in [-0.15, -0.1) is 0 Å². The minimum atomic E-state index is -1.07. The maximum absolute atomic E-state index is 11.6. The number of nitrogens with one attached hydrogen (secondary N) is 2.